The second-order valence-electron chi connectivity index (χ2n) is 5.77. The van der Waals surface area contributed by atoms with Crippen LogP contribution in [-0.2, 0) is 16.4 Å². The molecule has 6 nitrogen and oxygen atoms in total. The Hall–Kier alpha value is -2.51. The third kappa shape index (κ3) is 3.94. The normalized spacial score (nSPS) is 12.9. The molecule has 0 saturated carbocycles. The molecule has 0 amide bonds. The van der Waals surface area contributed by atoms with E-state index in [1.54, 1.807) is 23.1 Å². The Bertz CT molecular complexity index is 918. The quantitative estimate of drug-likeness (QED) is 0.737. The molecule has 3 rings (SSSR count). The van der Waals surface area contributed by atoms with Gasteiger partial charge >= 0.3 is 0 Å². The first-order valence-corrected chi connectivity index (χ1v) is 9.54. The van der Waals surface area contributed by atoms with Crippen molar-refractivity contribution in [3.63, 3.8) is 0 Å². The number of hydrogen-bond acceptors (Lipinski definition) is 4. The molecule has 0 aliphatic rings. The van der Waals surface area contributed by atoms with E-state index in [1.807, 2.05) is 50.2 Å². The topological polar surface area (TPSA) is 76.9 Å². The van der Waals surface area contributed by atoms with Crippen molar-refractivity contribution in [2.75, 3.05) is 0 Å². The van der Waals surface area contributed by atoms with E-state index in [4.69, 9.17) is 0 Å². The first-order valence-electron chi connectivity index (χ1n) is 8.06. The molecule has 1 aromatic heterocycles. The number of nitrogens with one attached hydrogen (secondary N) is 1. The average molecular weight is 356 g/mol. The number of sulfonamides is 1. The van der Waals surface area contributed by atoms with Crippen LogP contribution in [0, 0.1) is 0 Å². The summed E-state index contributed by atoms with van der Waals surface area (Å²) in [6.07, 6.45) is 3.96. The van der Waals surface area contributed by atoms with Crippen molar-refractivity contribution < 1.29 is 8.42 Å². The van der Waals surface area contributed by atoms with Crippen molar-refractivity contribution in [3.05, 3.63) is 72.3 Å². The van der Waals surface area contributed by atoms with Crippen molar-refractivity contribution >= 4 is 10.0 Å². The third-order valence-electron chi connectivity index (χ3n) is 4.05. The van der Waals surface area contributed by atoms with Crippen LogP contribution < -0.4 is 4.72 Å². The molecule has 0 radical (unpaired) electrons. The average Bonchev–Trinajstić information content (AvgIpc) is 3.16. The molecule has 0 aliphatic carbocycles. The summed E-state index contributed by atoms with van der Waals surface area (Å²) in [4.78, 5) is 4.18. The summed E-state index contributed by atoms with van der Waals surface area (Å²) in [6.45, 7) is 3.86. The van der Waals surface area contributed by atoms with Crippen LogP contribution in [0.1, 0.15) is 31.0 Å². The lowest BCUT2D eigenvalue weighted by atomic mass is 10.1. The molecule has 2 aromatic carbocycles. The maximum absolute atomic E-state index is 12.5. The van der Waals surface area contributed by atoms with Gasteiger partial charge in [-0.2, -0.15) is 5.10 Å². The van der Waals surface area contributed by atoms with Crippen LogP contribution in [0.5, 0.6) is 0 Å². The minimum atomic E-state index is -3.56. The molecule has 0 fully saturated rings. The van der Waals surface area contributed by atoms with Gasteiger partial charge in [0.1, 0.15) is 12.7 Å². The van der Waals surface area contributed by atoms with Crippen molar-refractivity contribution in [1.82, 2.24) is 19.5 Å². The van der Waals surface area contributed by atoms with Crippen molar-refractivity contribution in [2.45, 2.75) is 31.2 Å². The van der Waals surface area contributed by atoms with E-state index in [9.17, 15) is 8.42 Å². The fraction of sp³-hybridized carbons (Fsp3) is 0.222. The molecule has 0 bridgehead atoms. The Morgan fingerprint density at radius 2 is 1.76 bits per heavy atom. The number of nitrogens with zero attached hydrogens (tertiary/aromatic N) is 3. The largest absolute Gasteiger partial charge is 0.241 e. The fourth-order valence-corrected chi connectivity index (χ4v) is 3.76. The second-order valence-corrected chi connectivity index (χ2v) is 7.49. The van der Waals surface area contributed by atoms with Crippen LogP contribution in [0.3, 0.4) is 0 Å². The zero-order chi connectivity index (χ0) is 17.9. The molecule has 1 heterocycles. The Morgan fingerprint density at radius 3 is 2.32 bits per heavy atom. The summed E-state index contributed by atoms with van der Waals surface area (Å²) in [5, 5.41) is 4.07. The number of benzene rings is 2. The molecule has 0 spiro atoms. The van der Waals surface area contributed by atoms with Crippen LogP contribution >= 0.6 is 0 Å². The highest BCUT2D eigenvalue weighted by atomic mass is 32.2. The Morgan fingerprint density at radius 1 is 1.08 bits per heavy atom. The second kappa shape index (κ2) is 7.16. The molecular formula is C18H20N4O2S. The molecule has 1 atom stereocenters. The van der Waals surface area contributed by atoms with Gasteiger partial charge in [-0.3, -0.25) is 0 Å². The summed E-state index contributed by atoms with van der Waals surface area (Å²) in [5.74, 6) is 0. The van der Waals surface area contributed by atoms with E-state index in [2.05, 4.69) is 14.8 Å². The van der Waals surface area contributed by atoms with Crippen LogP contribution in [0.15, 0.2) is 66.1 Å². The van der Waals surface area contributed by atoms with E-state index < -0.39 is 10.0 Å². The van der Waals surface area contributed by atoms with Gasteiger partial charge in [-0.1, -0.05) is 31.2 Å². The maximum atomic E-state index is 12.5. The molecular weight excluding hydrogens is 336 g/mol. The van der Waals surface area contributed by atoms with Gasteiger partial charge in [-0.25, -0.2) is 22.8 Å². The van der Waals surface area contributed by atoms with E-state index in [1.165, 1.54) is 6.33 Å². The molecule has 0 saturated heterocycles. The van der Waals surface area contributed by atoms with Crippen LogP contribution in [0.4, 0.5) is 0 Å². The summed E-state index contributed by atoms with van der Waals surface area (Å²) in [6, 6.07) is 14.1. The Balaban J connectivity index is 1.75. The smallest absolute Gasteiger partial charge is 0.223 e. The van der Waals surface area contributed by atoms with Gasteiger partial charge in [0, 0.05) is 6.04 Å². The lowest BCUT2D eigenvalue weighted by Gasteiger charge is -2.15. The molecule has 25 heavy (non-hydrogen) atoms. The number of aromatic nitrogens is 3. The zero-order valence-corrected chi connectivity index (χ0v) is 14.9. The van der Waals surface area contributed by atoms with Gasteiger partial charge in [-0.05, 0) is 48.7 Å². The van der Waals surface area contributed by atoms with Crippen molar-refractivity contribution in [3.8, 4) is 5.69 Å². The Labute approximate surface area is 147 Å². The van der Waals surface area contributed by atoms with Gasteiger partial charge in [0.2, 0.25) is 10.0 Å². The monoisotopic (exact) mass is 356 g/mol. The zero-order valence-electron chi connectivity index (χ0n) is 14.1. The first kappa shape index (κ1) is 17.3. The summed E-state index contributed by atoms with van der Waals surface area (Å²) in [5.41, 5.74) is 2.85. The third-order valence-corrected chi connectivity index (χ3v) is 5.61. The van der Waals surface area contributed by atoms with Gasteiger partial charge in [0.25, 0.3) is 0 Å². The van der Waals surface area contributed by atoms with E-state index >= 15 is 0 Å². The minimum absolute atomic E-state index is 0.274. The lowest BCUT2D eigenvalue weighted by Crippen LogP contribution is -2.26. The molecule has 0 unspecified atom stereocenters. The van der Waals surface area contributed by atoms with Gasteiger partial charge < -0.3 is 0 Å². The molecule has 7 heteroatoms. The van der Waals surface area contributed by atoms with Crippen LogP contribution in [0.2, 0.25) is 0 Å². The minimum Gasteiger partial charge on any atom is -0.223 e. The number of rotatable bonds is 6. The number of hydrogen-bond donors (Lipinski definition) is 1. The highest BCUT2D eigenvalue weighted by molar-refractivity contribution is 7.89. The Kier molecular flexibility index (Phi) is 4.96. The highest BCUT2D eigenvalue weighted by Gasteiger charge is 2.18. The summed E-state index contributed by atoms with van der Waals surface area (Å²) in [7, 11) is -3.56. The van der Waals surface area contributed by atoms with E-state index in [0.717, 1.165) is 23.2 Å². The SMILES string of the molecule is CCc1ccc(S(=O)(=O)N[C@H](C)c2ccc(-n3cncn3)cc2)cc1. The summed E-state index contributed by atoms with van der Waals surface area (Å²) < 4.78 is 29.4. The van der Waals surface area contributed by atoms with Gasteiger partial charge in [0.15, 0.2) is 0 Å². The molecule has 0 aliphatic heterocycles. The summed E-state index contributed by atoms with van der Waals surface area (Å²) >= 11 is 0. The predicted octanol–water partition coefficient (Wildman–Crippen LogP) is 2.87. The van der Waals surface area contributed by atoms with E-state index in [-0.39, 0.29) is 10.9 Å². The molecule has 3 aromatic rings. The standard InChI is InChI=1S/C18H20N4O2S/c1-3-15-4-10-18(11-5-15)25(23,24)21-14(2)16-6-8-17(9-7-16)22-13-19-12-20-22/h4-14,21H,3H2,1-2H3/t14-/m1/s1. The molecule has 1 N–H and O–H groups in total. The first-order chi connectivity index (χ1) is 12.0. The van der Waals surface area contributed by atoms with Crippen molar-refractivity contribution in [2.24, 2.45) is 0 Å². The fourth-order valence-electron chi connectivity index (χ4n) is 2.53. The van der Waals surface area contributed by atoms with Crippen LogP contribution in [-0.4, -0.2) is 23.2 Å². The maximum Gasteiger partial charge on any atom is 0.241 e. The number of aryl methyl sites for hydroxylation is 1. The van der Waals surface area contributed by atoms with Crippen molar-refractivity contribution in [1.29, 1.82) is 0 Å². The molecule has 130 valence electrons. The highest BCUT2D eigenvalue weighted by Crippen LogP contribution is 2.19. The van der Waals surface area contributed by atoms with E-state index in [0.29, 0.717) is 0 Å². The van der Waals surface area contributed by atoms with Gasteiger partial charge in [0.05, 0.1) is 10.6 Å². The lowest BCUT2D eigenvalue weighted by molar-refractivity contribution is 0.567. The van der Waals surface area contributed by atoms with Gasteiger partial charge in [-0.15, -0.1) is 0 Å². The predicted molar refractivity (Wildman–Crippen MR) is 95.9 cm³/mol. The van der Waals surface area contributed by atoms with Crippen LogP contribution in [0.25, 0.3) is 5.69 Å².